The molecule has 0 N–H and O–H groups in total. The fourth-order valence-corrected chi connectivity index (χ4v) is 2.05. The fraction of sp³-hybridized carbons (Fsp3) is 0.588. The fourth-order valence-electron chi connectivity index (χ4n) is 2.05. The molecule has 130 valence electrons. The van der Waals surface area contributed by atoms with Crippen molar-refractivity contribution < 1.29 is 27.4 Å². The van der Waals surface area contributed by atoms with E-state index in [1.165, 1.54) is 0 Å². The molecule has 0 aliphatic heterocycles. The van der Waals surface area contributed by atoms with E-state index >= 15 is 0 Å². The summed E-state index contributed by atoms with van der Waals surface area (Å²) in [6, 6.07) is 7.23. The molecule has 1 aromatic rings. The van der Waals surface area contributed by atoms with Crippen molar-refractivity contribution in [1.29, 1.82) is 0 Å². The van der Waals surface area contributed by atoms with Gasteiger partial charge in [0.05, 0.1) is 0 Å². The monoisotopic (exact) mass is 332 g/mol. The zero-order chi connectivity index (χ0) is 17.7. The molecule has 3 nitrogen and oxygen atoms in total. The first-order chi connectivity index (χ1) is 10.6. The van der Waals surface area contributed by atoms with Crippen LogP contribution in [0.3, 0.4) is 0 Å². The van der Waals surface area contributed by atoms with Gasteiger partial charge in [0, 0.05) is 0 Å². The maximum Gasteiger partial charge on any atom is 0.425 e. The Bertz CT molecular complexity index is 505. The lowest BCUT2D eigenvalue weighted by molar-refractivity contribution is -0.217. The molecule has 0 bridgehead atoms. The van der Waals surface area contributed by atoms with Crippen LogP contribution in [0, 0.1) is 0 Å². The maximum atomic E-state index is 12.3. The first-order valence-corrected chi connectivity index (χ1v) is 7.62. The number of benzene rings is 1. The summed E-state index contributed by atoms with van der Waals surface area (Å²) in [5, 5.41) is 0. The van der Waals surface area contributed by atoms with Crippen molar-refractivity contribution in [1.82, 2.24) is 0 Å². The highest BCUT2D eigenvalue weighted by molar-refractivity contribution is 5.71. The van der Waals surface area contributed by atoms with E-state index < -0.39 is 24.9 Å². The molecule has 0 aliphatic carbocycles. The van der Waals surface area contributed by atoms with Gasteiger partial charge >= 0.3 is 12.1 Å². The van der Waals surface area contributed by atoms with E-state index in [0.717, 1.165) is 25.3 Å². The first-order valence-electron chi connectivity index (χ1n) is 7.62. The topological polar surface area (TPSA) is 35.5 Å². The summed E-state index contributed by atoms with van der Waals surface area (Å²) in [7, 11) is 0. The van der Waals surface area contributed by atoms with Crippen molar-refractivity contribution in [2.24, 2.45) is 0 Å². The average molecular weight is 332 g/mol. The molecular formula is C17H23F3O3. The van der Waals surface area contributed by atoms with Gasteiger partial charge < -0.3 is 9.47 Å². The summed E-state index contributed by atoms with van der Waals surface area (Å²) in [5.41, 5.74) is 1.22. The Labute approximate surface area is 134 Å². The molecule has 23 heavy (non-hydrogen) atoms. The molecule has 0 saturated heterocycles. The molecule has 1 aromatic carbocycles. The molecule has 0 saturated carbocycles. The Balaban J connectivity index is 2.58. The van der Waals surface area contributed by atoms with Crippen LogP contribution < -0.4 is 4.74 Å². The molecule has 0 radical (unpaired) electrons. The third-order valence-electron chi connectivity index (χ3n) is 4.24. The Hall–Kier alpha value is -1.72. The second-order valence-electron chi connectivity index (χ2n) is 5.75. The Morgan fingerprint density at radius 2 is 1.65 bits per heavy atom. The quantitative estimate of drug-likeness (QED) is 0.683. The summed E-state index contributed by atoms with van der Waals surface area (Å²) >= 11 is 0. The van der Waals surface area contributed by atoms with Gasteiger partial charge in [-0.3, -0.25) is 0 Å². The predicted octanol–water partition coefficient (Wildman–Crippen LogP) is 4.64. The van der Waals surface area contributed by atoms with Crippen LogP contribution in [0.5, 0.6) is 5.75 Å². The van der Waals surface area contributed by atoms with E-state index in [9.17, 15) is 18.0 Å². The second-order valence-corrected chi connectivity index (χ2v) is 5.75. The number of alkyl halides is 3. The van der Waals surface area contributed by atoms with Crippen LogP contribution in [0.25, 0.3) is 0 Å². The van der Waals surface area contributed by atoms with Gasteiger partial charge in [0.1, 0.15) is 5.75 Å². The van der Waals surface area contributed by atoms with E-state index in [2.05, 4.69) is 25.5 Å². The van der Waals surface area contributed by atoms with E-state index in [1.54, 1.807) is 12.1 Å². The highest BCUT2D eigenvalue weighted by Gasteiger charge is 2.39. The molecule has 0 aliphatic rings. The van der Waals surface area contributed by atoms with Crippen molar-refractivity contribution in [2.75, 3.05) is 6.61 Å². The van der Waals surface area contributed by atoms with Gasteiger partial charge in [-0.15, -0.1) is 0 Å². The zero-order valence-electron chi connectivity index (χ0n) is 13.9. The first kappa shape index (κ1) is 19.3. The Morgan fingerprint density at radius 1 is 1.13 bits per heavy atom. The maximum absolute atomic E-state index is 12.3. The molecule has 1 atom stereocenters. The van der Waals surface area contributed by atoms with Crippen molar-refractivity contribution >= 4 is 5.97 Å². The Morgan fingerprint density at radius 3 is 2.09 bits per heavy atom. The number of carbonyl (C=O) groups excluding carboxylic acids is 1. The van der Waals surface area contributed by atoms with Crippen LogP contribution in [-0.2, 0) is 14.9 Å². The standard InChI is InChI=1S/C17H23F3O3/c1-5-16(4,6-2)13-7-9-14(10-8-13)22-11-15(21)23-12(3)17(18,19)20/h7-10,12H,5-6,11H2,1-4H3. The largest absolute Gasteiger partial charge is 0.482 e. The minimum absolute atomic E-state index is 0.0690. The van der Waals surface area contributed by atoms with Crippen LogP contribution in [0.4, 0.5) is 13.2 Å². The summed E-state index contributed by atoms with van der Waals surface area (Å²) < 4.78 is 46.3. The molecule has 1 unspecified atom stereocenters. The van der Waals surface area contributed by atoms with Crippen molar-refractivity contribution in [3.8, 4) is 5.75 Å². The number of esters is 1. The van der Waals surface area contributed by atoms with Gasteiger partial charge in [-0.1, -0.05) is 32.9 Å². The highest BCUT2D eigenvalue weighted by Crippen LogP contribution is 2.31. The lowest BCUT2D eigenvalue weighted by Crippen LogP contribution is -2.32. The van der Waals surface area contributed by atoms with Gasteiger partial charge in [0.25, 0.3) is 0 Å². The molecular weight excluding hydrogens is 309 g/mol. The van der Waals surface area contributed by atoms with Crippen LogP contribution in [0.2, 0.25) is 0 Å². The number of hydrogen-bond donors (Lipinski definition) is 0. The normalized spacial score (nSPS) is 13.5. The summed E-state index contributed by atoms with van der Waals surface area (Å²) in [5.74, 6) is -0.634. The van der Waals surface area contributed by atoms with Gasteiger partial charge in [0.15, 0.2) is 12.7 Å². The molecule has 0 aromatic heterocycles. The van der Waals surface area contributed by atoms with Gasteiger partial charge in [-0.2, -0.15) is 13.2 Å². The van der Waals surface area contributed by atoms with E-state index in [4.69, 9.17) is 4.74 Å². The van der Waals surface area contributed by atoms with Gasteiger partial charge in [0.2, 0.25) is 0 Å². The average Bonchev–Trinajstić information content (AvgIpc) is 2.51. The smallest absolute Gasteiger partial charge is 0.425 e. The third kappa shape index (κ3) is 5.44. The van der Waals surface area contributed by atoms with Crippen molar-refractivity contribution in [2.45, 2.75) is 58.2 Å². The molecule has 1 rings (SSSR count). The van der Waals surface area contributed by atoms with Crippen molar-refractivity contribution in [3.63, 3.8) is 0 Å². The van der Waals surface area contributed by atoms with Crippen LogP contribution in [-0.4, -0.2) is 24.9 Å². The van der Waals surface area contributed by atoms with E-state index in [0.29, 0.717) is 5.75 Å². The van der Waals surface area contributed by atoms with Crippen molar-refractivity contribution in [3.05, 3.63) is 29.8 Å². The number of halogens is 3. The summed E-state index contributed by atoms with van der Waals surface area (Å²) in [6.07, 6.45) is -4.73. The highest BCUT2D eigenvalue weighted by atomic mass is 19.4. The number of carbonyl (C=O) groups is 1. The minimum Gasteiger partial charge on any atom is -0.482 e. The van der Waals surface area contributed by atoms with Crippen LogP contribution >= 0.6 is 0 Å². The Kier molecular flexibility index (Phi) is 6.47. The SMILES string of the molecule is CCC(C)(CC)c1ccc(OCC(=O)OC(C)C(F)(F)F)cc1. The molecule has 0 amide bonds. The molecule has 0 spiro atoms. The number of ether oxygens (including phenoxy) is 2. The van der Waals surface area contributed by atoms with Crippen LogP contribution in [0.15, 0.2) is 24.3 Å². The number of hydrogen-bond acceptors (Lipinski definition) is 3. The lowest BCUT2D eigenvalue weighted by Gasteiger charge is -2.27. The predicted molar refractivity (Wildman–Crippen MR) is 81.5 cm³/mol. The van der Waals surface area contributed by atoms with E-state index in [-0.39, 0.29) is 5.41 Å². The third-order valence-corrected chi connectivity index (χ3v) is 4.24. The minimum atomic E-state index is -4.57. The van der Waals surface area contributed by atoms with Gasteiger partial charge in [-0.25, -0.2) is 4.79 Å². The summed E-state index contributed by atoms with van der Waals surface area (Å²) in [6.45, 7) is 6.62. The second kappa shape index (κ2) is 7.70. The van der Waals surface area contributed by atoms with E-state index in [1.807, 2.05) is 12.1 Å². The number of rotatable bonds is 7. The zero-order valence-corrected chi connectivity index (χ0v) is 13.9. The molecule has 6 heteroatoms. The van der Waals surface area contributed by atoms with Gasteiger partial charge in [-0.05, 0) is 42.9 Å². The molecule has 0 fully saturated rings. The van der Waals surface area contributed by atoms with Crippen LogP contribution in [0.1, 0.15) is 46.1 Å². The lowest BCUT2D eigenvalue weighted by atomic mass is 9.78. The summed E-state index contributed by atoms with van der Waals surface area (Å²) in [4.78, 5) is 11.3. The molecule has 0 heterocycles.